The molecule has 0 radical (unpaired) electrons. The van der Waals surface area contributed by atoms with Crippen molar-refractivity contribution >= 4 is 34.9 Å². The third kappa shape index (κ3) is 5.81. The van der Waals surface area contributed by atoms with Crippen molar-refractivity contribution in [3.05, 3.63) is 70.3 Å². The summed E-state index contributed by atoms with van der Waals surface area (Å²) in [5.74, 6) is 2.10. The van der Waals surface area contributed by atoms with Crippen LogP contribution in [0.4, 0.5) is 5.82 Å². The molecule has 0 N–H and O–H groups in total. The molecule has 2 aliphatic rings. The van der Waals surface area contributed by atoms with Gasteiger partial charge in [-0.15, -0.1) is 10.2 Å². The average molecular weight is 556 g/mol. The fourth-order valence-electron chi connectivity index (χ4n) is 5.46. The van der Waals surface area contributed by atoms with Crippen molar-refractivity contribution in [2.75, 3.05) is 44.8 Å². The molecule has 0 spiro atoms. The Bertz CT molecular complexity index is 1230. The van der Waals surface area contributed by atoms with Gasteiger partial charge in [-0.1, -0.05) is 42.3 Å². The second kappa shape index (κ2) is 11.3. The number of amides is 1. The van der Waals surface area contributed by atoms with Gasteiger partial charge >= 0.3 is 0 Å². The molecule has 8 nitrogen and oxygen atoms in total. The summed E-state index contributed by atoms with van der Waals surface area (Å²) in [4.78, 5) is 22.2. The minimum atomic E-state index is -0.301. The smallest absolute Gasteiger partial charge is 0.233 e. The van der Waals surface area contributed by atoms with Crippen molar-refractivity contribution in [2.24, 2.45) is 11.3 Å². The first-order chi connectivity index (χ1) is 18.3. The minimum absolute atomic E-state index is 0.0236. The highest BCUT2D eigenvalue weighted by atomic mass is 35.5. The van der Waals surface area contributed by atoms with Crippen LogP contribution in [0, 0.1) is 11.3 Å². The molecule has 5 rings (SSSR count). The highest BCUT2D eigenvalue weighted by molar-refractivity contribution is 6.30. The van der Waals surface area contributed by atoms with Crippen molar-refractivity contribution in [1.82, 2.24) is 20.1 Å². The number of methoxy groups -OCH3 is 1. The van der Waals surface area contributed by atoms with E-state index in [9.17, 15) is 4.79 Å². The van der Waals surface area contributed by atoms with Gasteiger partial charge < -0.3 is 19.3 Å². The molecule has 0 bridgehead atoms. The predicted octanol–water partition coefficient (Wildman–Crippen LogP) is 5.11. The summed E-state index contributed by atoms with van der Waals surface area (Å²) < 4.78 is 11.2. The van der Waals surface area contributed by atoms with Gasteiger partial charge in [0, 0.05) is 66.8 Å². The first-order valence-electron chi connectivity index (χ1n) is 12.8. The van der Waals surface area contributed by atoms with Crippen molar-refractivity contribution in [1.29, 1.82) is 0 Å². The summed E-state index contributed by atoms with van der Waals surface area (Å²) in [6, 6.07) is 15.2. The van der Waals surface area contributed by atoms with E-state index in [-0.39, 0.29) is 23.2 Å². The quantitative estimate of drug-likeness (QED) is 0.400. The topological polar surface area (TPSA) is 80.7 Å². The number of pyridine rings is 1. The number of aromatic nitrogens is 3. The Hall–Kier alpha value is -3.10. The number of carbonyl (C=O) groups is 1. The van der Waals surface area contributed by atoms with Gasteiger partial charge in [-0.2, -0.15) is 0 Å². The molecule has 4 heterocycles. The lowest BCUT2D eigenvalue weighted by molar-refractivity contribution is -0.135. The molecule has 0 unspecified atom stereocenters. The normalized spacial score (nSPS) is 21.9. The fourth-order valence-corrected chi connectivity index (χ4v) is 5.70. The summed E-state index contributed by atoms with van der Waals surface area (Å²) in [5, 5.41) is 9.58. The van der Waals surface area contributed by atoms with Crippen LogP contribution < -0.4 is 14.4 Å². The number of benzene rings is 1. The standard InChI is InChI=1S/C28H31Cl2N5O3/c1-28(18-38-25-9-7-22(30)15-31-25)17-35(16-23(28)19-3-5-21(29)6-4-19)27(36)20-11-13-34(14-12-20)24-8-10-26(37-2)33-32-24/h3-10,15,20,23H,11-14,16-18H2,1-2H3/t23-,28-/m1/s1. The molecule has 0 aliphatic carbocycles. The maximum absolute atomic E-state index is 13.7. The third-order valence-corrected chi connectivity index (χ3v) is 8.11. The maximum Gasteiger partial charge on any atom is 0.233 e. The molecule has 1 aromatic carbocycles. The van der Waals surface area contributed by atoms with E-state index in [1.54, 1.807) is 25.4 Å². The highest BCUT2D eigenvalue weighted by Crippen LogP contribution is 2.44. The second-order valence-corrected chi connectivity index (χ2v) is 11.1. The molecule has 3 aromatic rings. The van der Waals surface area contributed by atoms with Gasteiger partial charge in [0.2, 0.25) is 17.7 Å². The van der Waals surface area contributed by atoms with E-state index in [1.807, 2.05) is 41.3 Å². The fraction of sp³-hybridized carbons (Fsp3) is 0.429. The number of hydrogen-bond donors (Lipinski definition) is 0. The van der Waals surface area contributed by atoms with Crippen LogP contribution in [0.1, 0.15) is 31.2 Å². The molecule has 38 heavy (non-hydrogen) atoms. The first-order valence-corrected chi connectivity index (χ1v) is 13.5. The number of piperidine rings is 1. The molecular formula is C28H31Cl2N5O3. The summed E-state index contributed by atoms with van der Waals surface area (Å²) in [6.45, 7) is 5.37. The van der Waals surface area contributed by atoms with Crippen LogP contribution >= 0.6 is 23.2 Å². The summed E-state index contributed by atoms with van der Waals surface area (Å²) in [7, 11) is 1.57. The molecule has 200 valence electrons. The van der Waals surface area contributed by atoms with Gasteiger partial charge in [-0.3, -0.25) is 4.79 Å². The molecule has 0 saturated carbocycles. The van der Waals surface area contributed by atoms with E-state index in [2.05, 4.69) is 27.0 Å². The van der Waals surface area contributed by atoms with Gasteiger partial charge in [0.25, 0.3) is 0 Å². The number of likely N-dealkylation sites (tertiary alicyclic amines) is 1. The zero-order valence-electron chi connectivity index (χ0n) is 21.5. The van der Waals surface area contributed by atoms with E-state index >= 15 is 0 Å². The number of nitrogens with zero attached hydrogens (tertiary/aromatic N) is 5. The Morgan fingerprint density at radius 3 is 2.34 bits per heavy atom. The van der Waals surface area contributed by atoms with Crippen LogP contribution in [0.3, 0.4) is 0 Å². The molecule has 10 heteroatoms. The summed E-state index contributed by atoms with van der Waals surface area (Å²) in [5.41, 5.74) is 0.845. The largest absolute Gasteiger partial charge is 0.480 e. The van der Waals surface area contributed by atoms with Crippen LogP contribution in [0.5, 0.6) is 11.8 Å². The van der Waals surface area contributed by atoms with Crippen molar-refractivity contribution in [3.8, 4) is 11.8 Å². The zero-order valence-corrected chi connectivity index (χ0v) is 23.0. The van der Waals surface area contributed by atoms with Crippen molar-refractivity contribution in [2.45, 2.75) is 25.7 Å². The molecule has 2 saturated heterocycles. The monoisotopic (exact) mass is 555 g/mol. The van der Waals surface area contributed by atoms with Crippen LogP contribution in [0.2, 0.25) is 10.0 Å². The first kappa shape index (κ1) is 26.5. The Labute approximate surface area is 232 Å². The van der Waals surface area contributed by atoms with Crippen LogP contribution in [0.25, 0.3) is 0 Å². The second-order valence-electron chi connectivity index (χ2n) is 10.3. The molecule has 1 amide bonds. The van der Waals surface area contributed by atoms with Crippen LogP contribution in [-0.4, -0.2) is 65.9 Å². The number of carbonyl (C=O) groups excluding carboxylic acids is 1. The van der Waals surface area contributed by atoms with E-state index in [4.69, 9.17) is 32.7 Å². The number of anilines is 1. The van der Waals surface area contributed by atoms with Gasteiger partial charge in [0.1, 0.15) is 0 Å². The molecule has 2 aliphatic heterocycles. The Morgan fingerprint density at radius 1 is 1.00 bits per heavy atom. The number of hydrogen-bond acceptors (Lipinski definition) is 7. The lowest BCUT2D eigenvalue weighted by Gasteiger charge is -2.34. The summed E-state index contributed by atoms with van der Waals surface area (Å²) in [6.07, 6.45) is 3.12. The minimum Gasteiger partial charge on any atom is -0.480 e. The lowest BCUT2D eigenvalue weighted by atomic mass is 9.77. The van der Waals surface area contributed by atoms with Gasteiger partial charge in [-0.05, 0) is 42.7 Å². The Morgan fingerprint density at radius 2 is 1.71 bits per heavy atom. The SMILES string of the molecule is COc1ccc(N2CCC(C(=O)N3C[C@H](c4ccc(Cl)cc4)[C@@](C)(COc4ccc(Cl)cn4)C3)CC2)nn1. The summed E-state index contributed by atoms with van der Waals surface area (Å²) >= 11 is 12.1. The maximum atomic E-state index is 13.7. The molecule has 2 aromatic heterocycles. The van der Waals surface area contributed by atoms with E-state index < -0.39 is 0 Å². The van der Waals surface area contributed by atoms with E-state index in [1.165, 1.54) is 0 Å². The Kier molecular flexibility index (Phi) is 7.91. The number of halogens is 2. The molecular weight excluding hydrogens is 525 g/mol. The van der Waals surface area contributed by atoms with Crippen LogP contribution in [0.15, 0.2) is 54.7 Å². The van der Waals surface area contributed by atoms with Crippen LogP contribution in [-0.2, 0) is 4.79 Å². The average Bonchev–Trinajstić information content (AvgIpc) is 3.30. The van der Waals surface area contributed by atoms with Gasteiger partial charge in [0.15, 0.2) is 5.82 Å². The molecule has 2 atom stereocenters. The van der Waals surface area contributed by atoms with Gasteiger partial charge in [0.05, 0.1) is 18.7 Å². The highest BCUT2D eigenvalue weighted by Gasteiger charge is 2.47. The predicted molar refractivity (Wildman–Crippen MR) is 147 cm³/mol. The third-order valence-electron chi connectivity index (χ3n) is 7.63. The van der Waals surface area contributed by atoms with Crippen molar-refractivity contribution in [3.63, 3.8) is 0 Å². The van der Waals surface area contributed by atoms with Gasteiger partial charge in [-0.25, -0.2) is 4.98 Å². The Balaban J connectivity index is 1.27. The van der Waals surface area contributed by atoms with E-state index in [0.29, 0.717) is 41.5 Å². The van der Waals surface area contributed by atoms with E-state index in [0.717, 1.165) is 37.3 Å². The number of rotatable bonds is 7. The van der Waals surface area contributed by atoms with Crippen molar-refractivity contribution < 1.29 is 14.3 Å². The number of ether oxygens (including phenoxy) is 2. The molecule has 2 fully saturated rings. The zero-order chi connectivity index (χ0) is 26.7. The lowest BCUT2D eigenvalue weighted by Crippen LogP contribution is -2.43.